The Labute approximate surface area is 66.1 Å². The molecule has 10 heavy (non-hydrogen) atoms. The molecule has 0 N–H and O–H groups in total. The molecule has 0 spiro atoms. The summed E-state index contributed by atoms with van der Waals surface area (Å²) in [6, 6.07) is 0. The Hall–Kier alpha value is 0.420. The van der Waals surface area contributed by atoms with Crippen molar-refractivity contribution in [2.75, 3.05) is 0 Å². The molecule has 0 aromatic rings. The zero-order chi connectivity index (χ0) is 8.36. The van der Waals surface area contributed by atoms with Gasteiger partial charge >= 0.3 is 0 Å². The molecular formula is C4H8Cl2O4. The van der Waals surface area contributed by atoms with E-state index in [-0.39, 0.29) is 0 Å². The van der Waals surface area contributed by atoms with E-state index in [2.05, 4.69) is 4.29 Å². The minimum absolute atomic E-state index is 0.503. The highest BCUT2D eigenvalue weighted by Crippen LogP contribution is 2.08. The molecule has 0 aliphatic carbocycles. The van der Waals surface area contributed by atoms with Crippen LogP contribution in [-0.4, -0.2) is 11.5 Å². The Balaban J connectivity index is 3.68. The molecule has 0 heterocycles. The molecule has 0 fully saturated rings. The van der Waals surface area contributed by atoms with Gasteiger partial charge in [0, 0.05) is 0 Å². The van der Waals surface area contributed by atoms with E-state index < -0.39 is 21.7 Å². The number of halogens is 2. The SMILES string of the molecule is CC(Cl)C(C)O[Cl+3]([O-])([O-])[O-]. The number of rotatable bonds is 3. The van der Waals surface area contributed by atoms with Crippen LogP contribution >= 0.6 is 11.6 Å². The molecule has 0 saturated heterocycles. The summed E-state index contributed by atoms with van der Waals surface area (Å²) in [6.45, 7) is 2.94. The second kappa shape index (κ2) is 3.71. The van der Waals surface area contributed by atoms with Gasteiger partial charge in [0.05, 0.1) is 19.9 Å². The Morgan fingerprint density at radius 3 is 1.80 bits per heavy atom. The Kier molecular flexibility index (Phi) is 3.86. The molecule has 0 aliphatic heterocycles. The lowest BCUT2D eigenvalue weighted by Gasteiger charge is -2.16. The van der Waals surface area contributed by atoms with E-state index in [1.807, 2.05) is 0 Å². The quantitative estimate of drug-likeness (QED) is 0.479. The van der Waals surface area contributed by atoms with Crippen LogP contribution in [0.3, 0.4) is 0 Å². The van der Waals surface area contributed by atoms with Gasteiger partial charge in [0.15, 0.2) is 0 Å². The van der Waals surface area contributed by atoms with E-state index in [0.717, 1.165) is 0 Å². The van der Waals surface area contributed by atoms with Gasteiger partial charge in [-0.3, -0.25) is 0 Å². The first-order valence-electron chi connectivity index (χ1n) is 2.56. The fraction of sp³-hybridized carbons (Fsp3) is 1.00. The summed E-state index contributed by atoms with van der Waals surface area (Å²) in [7, 11) is -4.35. The largest absolute Gasteiger partial charge is 0.227 e. The summed E-state index contributed by atoms with van der Waals surface area (Å²) in [5, 5.41) is -0.503. The summed E-state index contributed by atoms with van der Waals surface area (Å²) in [5.41, 5.74) is 0. The molecular weight excluding hydrogens is 183 g/mol. The van der Waals surface area contributed by atoms with Gasteiger partial charge in [-0.1, -0.05) is 0 Å². The summed E-state index contributed by atoms with van der Waals surface area (Å²) >= 11 is 5.40. The number of alkyl halides is 1. The lowest BCUT2D eigenvalue weighted by atomic mass is 10.3. The van der Waals surface area contributed by atoms with Gasteiger partial charge in [0.1, 0.15) is 0 Å². The van der Waals surface area contributed by atoms with Crippen molar-refractivity contribution in [1.82, 2.24) is 0 Å². The summed E-state index contributed by atoms with van der Waals surface area (Å²) in [5.74, 6) is 0. The topological polar surface area (TPSA) is 78.4 Å². The maximum atomic E-state index is 9.88. The summed E-state index contributed by atoms with van der Waals surface area (Å²) in [4.78, 5) is 0. The lowest BCUT2D eigenvalue weighted by molar-refractivity contribution is -1.92. The van der Waals surface area contributed by atoms with Crippen LogP contribution in [0.5, 0.6) is 0 Å². The standard InChI is InChI=1S/C4H8Cl2O4/c1-3(5)4(2)10-6(7,8)9/h3-4H,1-2H3. The van der Waals surface area contributed by atoms with E-state index in [9.17, 15) is 14.0 Å². The Bertz CT molecular complexity index is 99.9. The van der Waals surface area contributed by atoms with Crippen LogP contribution in [-0.2, 0) is 4.29 Å². The molecule has 2 unspecified atom stereocenters. The predicted octanol–water partition coefficient (Wildman–Crippen LogP) is -2.08. The van der Waals surface area contributed by atoms with E-state index in [1.54, 1.807) is 0 Å². The van der Waals surface area contributed by atoms with Gasteiger partial charge in [0.25, 0.3) is 0 Å². The molecule has 0 radical (unpaired) electrons. The predicted molar refractivity (Wildman–Crippen MR) is 25.9 cm³/mol. The zero-order valence-electron chi connectivity index (χ0n) is 5.54. The second-order valence-corrected chi connectivity index (χ2v) is 3.47. The molecule has 0 aromatic carbocycles. The minimum atomic E-state index is -4.35. The van der Waals surface area contributed by atoms with Crippen LogP contribution in [0.25, 0.3) is 0 Å². The van der Waals surface area contributed by atoms with Crippen molar-refractivity contribution in [2.45, 2.75) is 25.3 Å². The van der Waals surface area contributed by atoms with Gasteiger partial charge in [0.2, 0.25) is 6.10 Å². The fourth-order valence-electron chi connectivity index (χ4n) is 0.243. The molecule has 0 rings (SSSR count). The van der Waals surface area contributed by atoms with Gasteiger partial charge in [-0.05, 0) is 13.8 Å². The van der Waals surface area contributed by atoms with Crippen molar-refractivity contribution in [1.29, 1.82) is 0 Å². The maximum Gasteiger partial charge on any atom is 0.227 e. The van der Waals surface area contributed by atoms with Crippen molar-refractivity contribution < 1.29 is 28.5 Å². The average molecular weight is 191 g/mol. The first-order valence-corrected chi connectivity index (χ1v) is 4.23. The van der Waals surface area contributed by atoms with E-state index in [1.165, 1.54) is 13.8 Å². The van der Waals surface area contributed by atoms with Crippen LogP contribution in [0.15, 0.2) is 0 Å². The molecule has 2 atom stereocenters. The third kappa shape index (κ3) is 5.22. The van der Waals surface area contributed by atoms with Crippen LogP contribution in [0.1, 0.15) is 13.8 Å². The fourth-order valence-corrected chi connectivity index (χ4v) is 0.846. The minimum Gasteiger partial charge on any atom is -0.183 e. The molecule has 0 aromatic heterocycles. The second-order valence-electron chi connectivity index (χ2n) is 1.85. The summed E-state index contributed by atoms with van der Waals surface area (Å²) < 4.78 is 33.6. The van der Waals surface area contributed by atoms with Gasteiger partial charge in [-0.2, -0.15) is 14.0 Å². The van der Waals surface area contributed by atoms with Crippen LogP contribution in [0, 0.1) is 10.2 Å². The highest BCUT2D eigenvalue weighted by Gasteiger charge is 2.27. The van der Waals surface area contributed by atoms with Crippen molar-refractivity contribution >= 4 is 11.6 Å². The van der Waals surface area contributed by atoms with Gasteiger partial charge < -0.3 is 0 Å². The van der Waals surface area contributed by atoms with E-state index in [4.69, 9.17) is 11.6 Å². The van der Waals surface area contributed by atoms with Gasteiger partial charge in [-0.15, -0.1) is 11.6 Å². The Morgan fingerprint density at radius 2 is 1.70 bits per heavy atom. The highest BCUT2D eigenvalue weighted by molar-refractivity contribution is 6.20. The molecule has 0 saturated carbocycles. The smallest absolute Gasteiger partial charge is 0.183 e. The monoisotopic (exact) mass is 190 g/mol. The Morgan fingerprint density at radius 1 is 1.30 bits per heavy atom. The van der Waals surface area contributed by atoms with E-state index >= 15 is 0 Å². The van der Waals surface area contributed by atoms with Crippen molar-refractivity contribution in [3.05, 3.63) is 0 Å². The zero-order valence-corrected chi connectivity index (χ0v) is 7.06. The number of hydrogen-bond donors (Lipinski definition) is 0. The molecule has 0 amide bonds. The molecule has 4 nitrogen and oxygen atoms in total. The first kappa shape index (κ1) is 10.4. The van der Waals surface area contributed by atoms with Crippen molar-refractivity contribution in [3.63, 3.8) is 0 Å². The lowest BCUT2D eigenvalue weighted by Crippen LogP contribution is -2.62. The van der Waals surface area contributed by atoms with E-state index in [0.29, 0.717) is 0 Å². The highest BCUT2D eigenvalue weighted by atomic mass is 35.7. The molecule has 0 aliphatic rings. The third-order valence-corrected chi connectivity index (χ3v) is 1.75. The van der Waals surface area contributed by atoms with Crippen LogP contribution < -0.4 is 14.0 Å². The molecule has 0 bridgehead atoms. The average Bonchev–Trinajstić information content (AvgIpc) is 1.60. The van der Waals surface area contributed by atoms with Crippen molar-refractivity contribution in [2.24, 2.45) is 0 Å². The van der Waals surface area contributed by atoms with Crippen molar-refractivity contribution in [3.8, 4) is 0 Å². The number of hydrogen-bond acceptors (Lipinski definition) is 4. The van der Waals surface area contributed by atoms with Gasteiger partial charge in [-0.25, -0.2) is 0 Å². The van der Waals surface area contributed by atoms with Crippen LogP contribution in [0.2, 0.25) is 0 Å². The first-order chi connectivity index (χ1) is 4.33. The third-order valence-electron chi connectivity index (χ3n) is 0.896. The maximum absolute atomic E-state index is 9.88. The molecule has 62 valence electrons. The van der Waals surface area contributed by atoms with Crippen LogP contribution in [0.4, 0.5) is 0 Å². The summed E-state index contributed by atoms with van der Waals surface area (Å²) in [6.07, 6.45) is -0.786. The normalized spacial score (nSPS) is 18.6. The molecule has 6 heteroatoms.